The fraction of sp³-hybridized carbons (Fsp3) is 0.333. The van der Waals surface area contributed by atoms with Gasteiger partial charge in [0.2, 0.25) is 16.3 Å². The number of nitrogens with zero attached hydrogens (tertiary/aromatic N) is 3. The molecule has 3 rings (SSSR count). The summed E-state index contributed by atoms with van der Waals surface area (Å²) < 4.78 is 5.10. The molecule has 0 radical (unpaired) electrons. The van der Waals surface area contributed by atoms with Gasteiger partial charge in [-0.2, -0.15) is 5.01 Å². The second-order valence-electron chi connectivity index (χ2n) is 5.18. The number of hydrogen-bond acceptors (Lipinski definition) is 7. The predicted octanol–water partition coefficient (Wildman–Crippen LogP) is 0.0154. The molecule has 2 heterocycles. The molecule has 0 atom stereocenters. The minimum Gasteiger partial charge on any atom is -0.313 e. The molecule has 2 N–H and O–H groups in total. The van der Waals surface area contributed by atoms with Crippen molar-refractivity contribution in [2.45, 2.75) is 0 Å². The van der Waals surface area contributed by atoms with Crippen LogP contribution < -0.4 is 20.4 Å². The molecule has 0 bridgehead atoms. The molecular weight excluding hydrogens is 330 g/mol. The largest absolute Gasteiger partial charge is 0.313 e. The molecule has 1 aliphatic rings. The molecule has 1 aromatic heterocycles. The van der Waals surface area contributed by atoms with Gasteiger partial charge < -0.3 is 5.32 Å². The first-order valence-corrected chi connectivity index (χ1v) is 8.57. The fourth-order valence-electron chi connectivity index (χ4n) is 2.25. The smallest absolute Gasteiger partial charge is 0.305 e. The third kappa shape index (κ3) is 4.33. The van der Waals surface area contributed by atoms with Crippen molar-refractivity contribution in [3.63, 3.8) is 0 Å². The van der Waals surface area contributed by atoms with Crippen LogP contribution in [0.5, 0.6) is 0 Å². The van der Waals surface area contributed by atoms with E-state index in [1.807, 2.05) is 11.1 Å². The van der Waals surface area contributed by atoms with Gasteiger partial charge in [0, 0.05) is 18.7 Å². The van der Waals surface area contributed by atoms with Crippen molar-refractivity contribution in [2.75, 3.05) is 42.3 Å². The van der Waals surface area contributed by atoms with Gasteiger partial charge in [0.1, 0.15) is 0 Å². The van der Waals surface area contributed by atoms with Gasteiger partial charge in [0.15, 0.2) is 0 Å². The lowest BCUT2D eigenvalue weighted by Crippen LogP contribution is -2.64. The maximum absolute atomic E-state index is 11.9. The SMILES string of the molecule is O=C(CSC(=O)c1ccccc1)Nc1c[n+](N2CCNCC2)no1. The number of thioether (sulfide) groups is 1. The van der Waals surface area contributed by atoms with Crippen LogP contribution in [0, 0.1) is 0 Å². The molecule has 0 unspecified atom stereocenters. The topological polar surface area (TPSA) is 91.4 Å². The molecule has 2 aromatic rings. The van der Waals surface area contributed by atoms with Crippen molar-refractivity contribution >= 4 is 28.7 Å². The van der Waals surface area contributed by atoms with Crippen molar-refractivity contribution < 1.29 is 18.9 Å². The number of piperazine rings is 1. The van der Waals surface area contributed by atoms with Gasteiger partial charge in [-0.05, 0) is 0 Å². The monoisotopic (exact) mass is 348 g/mol. The zero-order chi connectivity index (χ0) is 16.8. The first-order valence-electron chi connectivity index (χ1n) is 7.59. The Morgan fingerprint density at radius 3 is 2.79 bits per heavy atom. The minimum absolute atomic E-state index is 0.0159. The maximum atomic E-state index is 11.9. The zero-order valence-electron chi connectivity index (χ0n) is 13.0. The Balaban J connectivity index is 1.48. The van der Waals surface area contributed by atoms with Gasteiger partial charge in [0.25, 0.3) is 6.20 Å². The van der Waals surface area contributed by atoms with Crippen LogP contribution in [-0.4, -0.2) is 48.2 Å². The van der Waals surface area contributed by atoms with Crippen molar-refractivity contribution in [2.24, 2.45) is 0 Å². The Kier molecular flexibility index (Phi) is 5.44. The summed E-state index contributed by atoms with van der Waals surface area (Å²) in [6, 6.07) is 8.86. The van der Waals surface area contributed by atoms with Crippen LogP contribution in [0.1, 0.15) is 10.4 Å². The van der Waals surface area contributed by atoms with Gasteiger partial charge in [-0.25, -0.2) is 0 Å². The van der Waals surface area contributed by atoms with Gasteiger partial charge in [0.05, 0.1) is 23.6 Å². The third-order valence-corrected chi connectivity index (χ3v) is 4.35. The summed E-state index contributed by atoms with van der Waals surface area (Å²) in [4.78, 5) is 25.5. The summed E-state index contributed by atoms with van der Waals surface area (Å²) in [6.07, 6.45) is 1.62. The van der Waals surface area contributed by atoms with E-state index in [9.17, 15) is 9.59 Å². The summed E-state index contributed by atoms with van der Waals surface area (Å²) in [5.74, 6) is -0.0404. The molecule has 9 heteroatoms. The number of hydrogen-bond donors (Lipinski definition) is 2. The Morgan fingerprint density at radius 1 is 1.29 bits per heavy atom. The quantitative estimate of drug-likeness (QED) is 0.736. The molecule has 24 heavy (non-hydrogen) atoms. The van der Waals surface area contributed by atoms with E-state index in [0.717, 1.165) is 37.9 Å². The van der Waals surface area contributed by atoms with E-state index in [1.165, 1.54) is 0 Å². The van der Waals surface area contributed by atoms with Gasteiger partial charge in [-0.3, -0.25) is 19.4 Å². The van der Waals surface area contributed by atoms with Crippen LogP contribution in [0.4, 0.5) is 5.88 Å². The van der Waals surface area contributed by atoms with Crippen LogP contribution in [-0.2, 0) is 4.79 Å². The summed E-state index contributed by atoms with van der Waals surface area (Å²) >= 11 is 0.953. The van der Waals surface area contributed by atoms with E-state index >= 15 is 0 Å². The molecule has 1 aliphatic heterocycles. The number of anilines is 1. The first-order chi connectivity index (χ1) is 11.7. The molecule has 0 aliphatic carbocycles. The second kappa shape index (κ2) is 7.93. The lowest BCUT2D eigenvalue weighted by Gasteiger charge is -2.19. The maximum Gasteiger partial charge on any atom is 0.305 e. The number of carbonyl (C=O) groups is 2. The van der Waals surface area contributed by atoms with Gasteiger partial charge in [-0.1, -0.05) is 42.1 Å². The Hall–Kier alpha value is -2.39. The highest BCUT2D eigenvalue weighted by Gasteiger charge is 2.23. The Labute approximate surface area is 143 Å². The average Bonchev–Trinajstić information content (AvgIpc) is 3.09. The summed E-state index contributed by atoms with van der Waals surface area (Å²) in [7, 11) is 0. The summed E-state index contributed by atoms with van der Waals surface area (Å²) in [6.45, 7) is 3.37. The molecule has 1 aromatic carbocycles. The van der Waals surface area contributed by atoms with Gasteiger partial charge in [-0.15, -0.1) is 0 Å². The molecule has 0 saturated carbocycles. The van der Waals surface area contributed by atoms with E-state index in [0.29, 0.717) is 5.56 Å². The molecule has 1 saturated heterocycles. The molecule has 0 spiro atoms. The van der Waals surface area contributed by atoms with Crippen molar-refractivity contribution in [1.29, 1.82) is 0 Å². The van der Waals surface area contributed by atoms with Crippen LogP contribution >= 0.6 is 11.8 Å². The average molecular weight is 348 g/mol. The van der Waals surface area contributed by atoms with E-state index in [-0.39, 0.29) is 22.7 Å². The van der Waals surface area contributed by atoms with Crippen LogP contribution in [0.3, 0.4) is 0 Å². The van der Waals surface area contributed by atoms with Crippen LogP contribution in [0.25, 0.3) is 0 Å². The first kappa shape index (κ1) is 16.5. The molecule has 126 valence electrons. The Bertz CT molecular complexity index is 700. The van der Waals surface area contributed by atoms with Gasteiger partial charge >= 0.3 is 5.88 Å². The molecular formula is C15H18N5O3S+. The van der Waals surface area contributed by atoms with Crippen molar-refractivity contribution in [3.05, 3.63) is 42.1 Å². The summed E-state index contributed by atoms with van der Waals surface area (Å²) in [5, 5.41) is 11.6. The number of amides is 1. The van der Waals surface area contributed by atoms with E-state index in [4.69, 9.17) is 4.52 Å². The normalized spacial score (nSPS) is 14.4. The number of carbonyl (C=O) groups excluding carboxylic acids is 2. The van der Waals surface area contributed by atoms with E-state index < -0.39 is 0 Å². The predicted molar refractivity (Wildman–Crippen MR) is 89.4 cm³/mol. The second-order valence-corrected chi connectivity index (χ2v) is 6.13. The van der Waals surface area contributed by atoms with Crippen LogP contribution in [0.15, 0.2) is 41.1 Å². The summed E-state index contributed by atoms with van der Waals surface area (Å²) in [5.41, 5.74) is 0.575. The highest BCUT2D eigenvalue weighted by Crippen LogP contribution is 2.12. The Morgan fingerprint density at radius 2 is 2.04 bits per heavy atom. The number of nitrogens with one attached hydrogen (secondary N) is 2. The minimum atomic E-state index is -0.312. The third-order valence-electron chi connectivity index (χ3n) is 3.45. The molecule has 8 nitrogen and oxygen atoms in total. The number of benzene rings is 1. The zero-order valence-corrected chi connectivity index (χ0v) is 13.8. The van der Waals surface area contributed by atoms with Crippen molar-refractivity contribution in [1.82, 2.24) is 10.6 Å². The number of rotatable bonds is 5. The molecule has 1 fully saturated rings. The van der Waals surface area contributed by atoms with E-state index in [1.54, 1.807) is 35.3 Å². The standard InChI is InChI=1S/C15H17N5O3S/c21-13(11-24-15(22)12-4-2-1-3-5-12)17-14-10-20(18-23-14)19-8-6-16-7-9-19/h1-5,10,16H,6-9,11H2/p+1. The number of aromatic nitrogens is 2. The lowest BCUT2D eigenvalue weighted by atomic mass is 10.2. The van der Waals surface area contributed by atoms with Crippen molar-refractivity contribution in [3.8, 4) is 0 Å². The van der Waals surface area contributed by atoms with Crippen LogP contribution in [0.2, 0.25) is 0 Å². The lowest BCUT2D eigenvalue weighted by molar-refractivity contribution is -0.758. The van der Waals surface area contributed by atoms with E-state index in [2.05, 4.69) is 15.9 Å². The molecule has 1 amide bonds. The highest BCUT2D eigenvalue weighted by molar-refractivity contribution is 8.14. The highest BCUT2D eigenvalue weighted by atomic mass is 32.2. The fourth-order valence-corrected chi connectivity index (χ4v) is 2.88.